The molecule has 0 unspecified atom stereocenters. The van der Waals surface area contributed by atoms with Crippen LogP contribution in [0.4, 0.5) is 0 Å². The van der Waals surface area contributed by atoms with E-state index in [1.807, 2.05) is 0 Å². The van der Waals surface area contributed by atoms with Gasteiger partial charge in [-0.3, -0.25) is 0 Å². The van der Waals surface area contributed by atoms with Crippen molar-refractivity contribution in [1.29, 1.82) is 0 Å². The number of carbonyl (C=O) groups excluding carboxylic acids is 1. The van der Waals surface area contributed by atoms with Crippen molar-refractivity contribution >= 4 is 5.97 Å². The van der Waals surface area contributed by atoms with E-state index in [-0.39, 0.29) is 12.6 Å². The molecule has 0 fully saturated rings. The summed E-state index contributed by atoms with van der Waals surface area (Å²) in [7, 11) is 0. The third-order valence-electron chi connectivity index (χ3n) is 1.76. The number of esters is 1. The van der Waals surface area contributed by atoms with E-state index in [0.29, 0.717) is 46.2 Å². The molecule has 0 aliphatic heterocycles. The van der Waals surface area contributed by atoms with Crippen LogP contribution in [0.1, 0.15) is 13.3 Å². The third kappa shape index (κ3) is 13.2. The van der Waals surface area contributed by atoms with Crippen LogP contribution < -0.4 is 5.73 Å². The van der Waals surface area contributed by atoms with Crippen LogP contribution in [0.3, 0.4) is 0 Å². The smallest absolute Gasteiger partial charge is 0.332 e. The summed E-state index contributed by atoms with van der Waals surface area (Å²) in [6.07, 6.45) is 0.864. The first-order valence-electron chi connectivity index (χ1n) is 5.90. The summed E-state index contributed by atoms with van der Waals surface area (Å²) in [6.45, 7) is 5.31. The Kier molecular flexibility index (Phi) is 12.8. The highest BCUT2D eigenvalue weighted by atomic mass is 16.6. The van der Waals surface area contributed by atoms with Crippen molar-refractivity contribution in [3.8, 4) is 0 Å². The van der Waals surface area contributed by atoms with Crippen molar-refractivity contribution in [2.24, 2.45) is 5.73 Å². The lowest BCUT2D eigenvalue weighted by Crippen LogP contribution is -2.16. The van der Waals surface area contributed by atoms with Gasteiger partial charge < -0.3 is 24.7 Å². The van der Waals surface area contributed by atoms with E-state index >= 15 is 0 Å². The van der Waals surface area contributed by atoms with Gasteiger partial charge in [-0.25, -0.2) is 4.79 Å². The summed E-state index contributed by atoms with van der Waals surface area (Å²) in [5.74, 6) is -0.349. The third-order valence-corrected chi connectivity index (χ3v) is 1.76. The Hall–Kier alpha value is -0.690. The molecular formula is C11H23NO5. The molecule has 0 aliphatic rings. The summed E-state index contributed by atoms with van der Waals surface area (Å²) in [5.41, 5.74) is 5.30. The van der Waals surface area contributed by atoms with Gasteiger partial charge in [-0.1, -0.05) is 0 Å². The van der Waals surface area contributed by atoms with Crippen molar-refractivity contribution in [3.63, 3.8) is 0 Å². The molecule has 0 heterocycles. The zero-order chi connectivity index (χ0) is 12.8. The molecule has 6 nitrogen and oxygen atoms in total. The molecule has 0 rings (SSSR count). The number of nitrogens with two attached hydrogens (primary N) is 1. The van der Waals surface area contributed by atoms with Gasteiger partial charge in [0.1, 0.15) is 6.61 Å². The highest BCUT2D eigenvalue weighted by molar-refractivity contribution is 5.70. The van der Waals surface area contributed by atoms with Crippen LogP contribution in [0, 0.1) is 0 Å². The molecule has 0 aromatic rings. The molecule has 0 spiro atoms. The summed E-state index contributed by atoms with van der Waals surface area (Å²) < 4.78 is 20.2. The fraction of sp³-hybridized carbons (Fsp3) is 0.909. The van der Waals surface area contributed by atoms with Crippen LogP contribution in [0.15, 0.2) is 0 Å². The molecule has 17 heavy (non-hydrogen) atoms. The van der Waals surface area contributed by atoms with Crippen molar-refractivity contribution in [2.75, 3.05) is 52.8 Å². The topological polar surface area (TPSA) is 80.0 Å². The van der Waals surface area contributed by atoms with Gasteiger partial charge in [-0.05, 0) is 19.9 Å². The molecule has 0 aliphatic carbocycles. The Morgan fingerprint density at radius 3 is 2.18 bits per heavy atom. The Bertz CT molecular complexity index is 177. The summed E-state index contributed by atoms with van der Waals surface area (Å²) in [5, 5.41) is 0. The summed E-state index contributed by atoms with van der Waals surface area (Å²) in [4.78, 5) is 10.9. The number of ether oxygens (including phenoxy) is 4. The molecule has 0 bridgehead atoms. The van der Waals surface area contributed by atoms with Crippen molar-refractivity contribution in [3.05, 3.63) is 0 Å². The van der Waals surface area contributed by atoms with E-state index < -0.39 is 0 Å². The lowest BCUT2D eigenvalue weighted by atomic mass is 10.5. The molecule has 102 valence electrons. The van der Waals surface area contributed by atoms with E-state index in [0.717, 1.165) is 6.42 Å². The van der Waals surface area contributed by atoms with Crippen LogP contribution in [-0.4, -0.2) is 58.8 Å². The fourth-order valence-electron chi connectivity index (χ4n) is 0.983. The van der Waals surface area contributed by atoms with E-state index in [9.17, 15) is 4.79 Å². The summed E-state index contributed by atoms with van der Waals surface area (Å²) >= 11 is 0. The zero-order valence-corrected chi connectivity index (χ0v) is 10.5. The first kappa shape index (κ1) is 16.3. The molecular weight excluding hydrogens is 226 g/mol. The SMILES string of the molecule is CCOC(=O)COCCOCCOCCCN. The predicted molar refractivity (Wildman–Crippen MR) is 62.8 cm³/mol. The van der Waals surface area contributed by atoms with Gasteiger partial charge in [-0.15, -0.1) is 0 Å². The number of hydrogen-bond acceptors (Lipinski definition) is 6. The van der Waals surface area contributed by atoms with Crippen LogP contribution in [-0.2, 0) is 23.7 Å². The van der Waals surface area contributed by atoms with E-state index in [1.165, 1.54) is 0 Å². The van der Waals surface area contributed by atoms with Crippen LogP contribution in [0.5, 0.6) is 0 Å². The fourth-order valence-corrected chi connectivity index (χ4v) is 0.983. The van der Waals surface area contributed by atoms with Crippen LogP contribution in [0.25, 0.3) is 0 Å². The minimum absolute atomic E-state index is 0.0236. The molecule has 0 aromatic heterocycles. The van der Waals surface area contributed by atoms with Gasteiger partial charge in [0, 0.05) is 6.61 Å². The molecule has 0 saturated heterocycles. The standard InChI is InChI=1S/C11H23NO5/c1-2-17-11(13)10-16-9-8-15-7-6-14-5-3-4-12/h2-10,12H2,1H3. The first-order chi connectivity index (χ1) is 8.31. The van der Waals surface area contributed by atoms with E-state index in [1.54, 1.807) is 6.92 Å². The van der Waals surface area contributed by atoms with Crippen LogP contribution in [0.2, 0.25) is 0 Å². The van der Waals surface area contributed by atoms with Gasteiger partial charge in [0.15, 0.2) is 0 Å². The second kappa shape index (κ2) is 13.4. The maximum Gasteiger partial charge on any atom is 0.332 e. The minimum atomic E-state index is -0.349. The van der Waals surface area contributed by atoms with Crippen molar-refractivity contribution in [2.45, 2.75) is 13.3 Å². The zero-order valence-electron chi connectivity index (χ0n) is 10.5. The Morgan fingerprint density at radius 1 is 1.00 bits per heavy atom. The van der Waals surface area contributed by atoms with Gasteiger partial charge in [0.2, 0.25) is 0 Å². The second-order valence-electron chi connectivity index (χ2n) is 3.22. The molecule has 0 atom stereocenters. The molecule has 6 heteroatoms. The Labute approximate surface area is 102 Å². The number of carbonyl (C=O) groups is 1. The second-order valence-corrected chi connectivity index (χ2v) is 3.22. The monoisotopic (exact) mass is 249 g/mol. The first-order valence-corrected chi connectivity index (χ1v) is 5.90. The van der Waals surface area contributed by atoms with Crippen LogP contribution >= 0.6 is 0 Å². The van der Waals surface area contributed by atoms with E-state index in [2.05, 4.69) is 4.74 Å². The average Bonchev–Trinajstić information content (AvgIpc) is 2.32. The average molecular weight is 249 g/mol. The summed E-state index contributed by atoms with van der Waals surface area (Å²) in [6, 6.07) is 0. The molecule has 0 radical (unpaired) electrons. The Balaban J connectivity index is 3.01. The highest BCUT2D eigenvalue weighted by Crippen LogP contribution is 1.84. The largest absolute Gasteiger partial charge is 0.464 e. The number of hydrogen-bond donors (Lipinski definition) is 1. The Morgan fingerprint density at radius 2 is 1.59 bits per heavy atom. The maximum absolute atomic E-state index is 10.9. The quantitative estimate of drug-likeness (QED) is 0.386. The van der Waals surface area contributed by atoms with Gasteiger partial charge >= 0.3 is 5.97 Å². The van der Waals surface area contributed by atoms with Gasteiger partial charge in [-0.2, -0.15) is 0 Å². The van der Waals surface area contributed by atoms with Gasteiger partial charge in [0.05, 0.1) is 33.0 Å². The predicted octanol–water partition coefficient (Wildman–Crippen LogP) is -0.0519. The highest BCUT2D eigenvalue weighted by Gasteiger charge is 2.00. The number of rotatable bonds is 12. The minimum Gasteiger partial charge on any atom is -0.464 e. The maximum atomic E-state index is 10.9. The molecule has 0 aromatic carbocycles. The van der Waals surface area contributed by atoms with E-state index in [4.69, 9.17) is 19.9 Å². The molecule has 0 amide bonds. The van der Waals surface area contributed by atoms with Gasteiger partial charge in [0.25, 0.3) is 0 Å². The molecule has 0 saturated carbocycles. The van der Waals surface area contributed by atoms with Crippen molar-refractivity contribution < 1.29 is 23.7 Å². The lowest BCUT2D eigenvalue weighted by molar-refractivity contribution is -0.148. The normalized spacial score (nSPS) is 10.5. The van der Waals surface area contributed by atoms with Crippen molar-refractivity contribution in [1.82, 2.24) is 0 Å². The lowest BCUT2D eigenvalue weighted by Gasteiger charge is -2.06. The molecule has 2 N–H and O–H groups in total.